The first kappa shape index (κ1) is 128. The van der Waals surface area contributed by atoms with Crippen molar-refractivity contribution in [2.24, 2.45) is 0 Å². The van der Waals surface area contributed by atoms with E-state index in [1.54, 1.807) is 14.2 Å². The number of carbonyl (C=O) groups excluding carboxylic acids is 16. The maximum atomic E-state index is 14.4. The molecule has 0 radical (unpaired) electrons. The minimum atomic E-state index is -2.29. The highest BCUT2D eigenvalue weighted by Crippen LogP contribution is 2.22. The number of rotatable bonds is 97. The number of carbonyl (C=O) groups is 18. The molecule has 810 valence electrons. The summed E-state index contributed by atoms with van der Waals surface area (Å²) in [7, 11) is 3.22. The molecule has 2 rings (SSSR count). The Labute approximate surface area is 824 Å². The molecule has 2 aliphatic rings. The van der Waals surface area contributed by atoms with Crippen LogP contribution in [0.1, 0.15) is 78.1 Å². The molecule has 0 aromatic carbocycles. The molecule has 16 amide bonds. The summed E-state index contributed by atoms with van der Waals surface area (Å²) in [5, 5.41) is 47.0. The molecule has 0 unspecified atom stereocenters. The molecule has 0 spiro atoms. The first-order chi connectivity index (χ1) is 68.7. The van der Waals surface area contributed by atoms with E-state index < -0.39 is 195 Å². The molecular weight excluding hydrogens is 1890 g/mol. The fourth-order valence-electron chi connectivity index (χ4n) is 11.8. The summed E-state index contributed by atoms with van der Waals surface area (Å²) in [6.45, 7) is 11.9. The number of carboxylic acids is 2. The van der Waals surface area contributed by atoms with Gasteiger partial charge in [-0.25, -0.2) is 0 Å². The van der Waals surface area contributed by atoms with Crippen molar-refractivity contribution in [2.75, 3.05) is 318 Å². The van der Waals surface area contributed by atoms with Crippen LogP contribution in [0.25, 0.3) is 0 Å². The lowest BCUT2D eigenvalue weighted by atomic mass is 10.0. The fraction of sp³-hybridized carbons (Fsp3) is 0.750. The fourth-order valence-corrected chi connectivity index (χ4v) is 11.8. The second kappa shape index (κ2) is 86.1. The topological polar surface area (TPSA) is 683 Å². The summed E-state index contributed by atoms with van der Waals surface area (Å²) in [6, 6.07) is -9.83. The van der Waals surface area contributed by atoms with Crippen molar-refractivity contribution in [1.82, 2.24) is 73.6 Å². The van der Waals surface area contributed by atoms with Crippen LogP contribution in [0.3, 0.4) is 0 Å². The number of aliphatic carboxylic acids is 2. The van der Waals surface area contributed by atoms with E-state index in [9.17, 15) is 86.3 Å². The number of hydrogen-bond donors (Lipinski definition) is 14. The number of carboxylic acid groups (broad SMARTS) is 2. The van der Waals surface area contributed by atoms with Crippen molar-refractivity contribution in [3.8, 4) is 0 Å². The summed E-state index contributed by atoms with van der Waals surface area (Å²) < 4.78 is 108. The average molecular weight is 2040 g/mol. The number of nitrogens with one attached hydrogen (secondary N) is 12. The van der Waals surface area contributed by atoms with Gasteiger partial charge in [0.05, 0.1) is 264 Å². The summed E-state index contributed by atoms with van der Waals surface area (Å²) in [5.74, 6) is -17.6. The molecule has 6 atom stereocenters. The maximum absolute atomic E-state index is 14.4. The number of methoxy groups -OCH3 is 2. The molecule has 142 heavy (non-hydrogen) atoms. The molecule has 0 saturated carbocycles. The van der Waals surface area contributed by atoms with Crippen LogP contribution in [-0.2, 0) is 181 Å². The van der Waals surface area contributed by atoms with Crippen molar-refractivity contribution in [2.45, 2.75) is 114 Å². The first-order valence-corrected chi connectivity index (χ1v) is 47.0. The average Bonchev–Trinajstić information content (AvgIpc) is 1.59. The van der Waals surface area contributed by atoms with Gasteiger partial charge in [0.2, 0.25) is 70.9 Å². The summed E-state index contributed by atoms with van der Waals surface area (Å²) in [6.07, 6.45) is 2.39. The van der Waals surface area contributed by atoms with Crippen molar-refractivity contribution < 1.29 is 191 Å². The standard InChI is InChI=1S/C88H148N14O40/c1-65(87(119)120)97-73(107)61-93-71(105)59-95-83(115)67(11-5-7-19-89-75(109)63-141-57-55-139-53-51-137-49-47-135-45-43-133-41-39-131-37-35-129-33-31-127-29-27-125-25-23-123-3)99-69(103)13-9-21-91-85(117)81(101-77(111)15-16-78(101)112)82(102-79(113)17-18-80(102)114)86(118)92-22-10-14-70(104)100-68(84(116)96-60-72(106)94-62-74(108)98-66(2)88(121)122)12-6-8-20-90-76(110)64-142-58-56-140-54-52-138-50-48-136-46-44-134-42-40-132-38-36-130-34-32-128-30-28-126-26-24-124-4/h15-18,65-68,81-82H,5-14,19-64H2,1-4H3,(H,89,109)(H,90,110)(H,91,117)(H,92,118)(H,93,105)(H,94,106)(H,95,115)(H,96,116)(H,97,107)(H,98,108)(H,99,103)(H,100,104)(H,119,120)(H,121,122)/t65-,66-,67-,68-,81-,82-/m0/s1. The highest BCUT2D eigenvalue weighted by Gasteiger charge is 2.50. The zero-order chi connectivity index (χ0) is 104. The van der Waals surface area contributed by atoms with Gasteiger partial charge in [0.15, 0.2) is 0 Å². The molecule has 14 N–H and O–H groups in total. The smallest absolute Gasteiger partial charge is 0.325 e. The summed E-state index contributed by atoms with van der Waals surface area (Å²) in [4.78, 5) is 235. The Morgan fingerprint density at radius 1 is 0.254 bits per heavy atom. The van der Waals surface area contributed by atoms with Crippen LogP contribution in [0, 0.1) is 0 Å². The summed E-state index contributed by atoms with van der Waals surface area (Å²) in [5.41, 5.74) is 0. The number of ether oxygens (including phenoxy) is 20. The monoisotopic (exact) mass is 2040 g/mol. The van der Waals surface area contributed by atoms with Crippen LogP contribution >= 0.6 is 0 Å². The second-order valence-corrected chi connectivity index (χ2v) is 30.5. The van der Waals surface area contributed by atoms with Gasteiger partial charge in [-0.1, -0.05) is 0 Å². The van der Waals surface area contributed by atoms with Gasteiger partial charge < -0.3 is 169 Å². The van der Waals surface area contributed by atoms with Gasteiger partial charge in [0.1, 0.15) is 49.5 Å². The Hall–Kier alpha value is -10.5. The minimum Gasteiger partial charge on any atom is -0.480 e. The third-order valence-electron chi connectivity index (χ3n) is 19.1. The number of amides is 16. The highest BCUT2D eigenvalue weighted by molar-refractivity contribution is 6.19. The molecule has 0 aromatic heterocycles. The van der Waals surface area contributed by atoms with E-state index in [-0.39, 0.29) is 131 Å². The maximum Gasteiger partial charge on any atom is 0.325 e. The van der Waals surface area contributed by atoms with E-state index >= 15 is 0 Å². The lowest BCUT2D eigenvalue weighted by Gasteiger charge is -2.35. The van der Waals surface area contributed by atoms with Gasteiger partial charge in [-0.05, 0) is 65.2 Å². The Morgan fingerprint density at radius 3 is 0.718 bits per heavy atom. The van der Waals surface area contributed by atoms with E-state index in [1.807, 2.05) is 0 Å². The Morgan fingerprint density at radius 2 is 0.479 bits per heavy atom. The van der Waals surface area contributed by atoms with E-state index in [0.29, 0.717) is 195 Å². The van der Waals surface area contributed by atoms with Gasteiger partial charge in [-0.2, -0.15) is 0 Å². The first-order valence-electron chi connectivity index (χ1n) is 47.0. The van der Waals surface area contributed by atoms with E-state index in [4.69, 9.17) is 105 Å². The van der Waals surface area contributed by atoms with Crippen molar-refractivity contribution >= 4 is 106 Å². The van der Waals surface area contributed by atoms with Crippen molar-refractivity contribution in [3.05, 3.63) is 24.3 Å². The zero-order valence-electron chi connectivity index (χ0n) is 81.7. The highest BCUT2D eigenvalue weighted by atomic mass is 16.6. The Bertz CT molecular complexity index is 3440. The Kier molecular flexibility index (Phi) is 77.3. The van der Waals surface area contributed by atoms with Crippen LogP contribution in [0.2, 0.25) is 0 Å². The van der Waals surface area contributed by atoms with Gasteiger partial charge >= 0.3 is 11.9 Å². The number of hydrogen-bond acceptors (Lipinski definition) is 38. The van der Waals surface area contributed by atoms with Gasteiger partial charge in [0, 0.05) is 77.5 Å². The number of imide groups is 2. The van der Waals surface area contributed by atoms with Crippen molar-refractivity contribution in [1.29, 1.82) is 0 Å². The molecule has 54 heteroatoms. The predicted molar refractivity (Wildman–Crippen MR) is 493 cm³/mol. The summed E-state index contributed by atoms with van der Waals surface area (Å²) >= 11 is 0. The quantitative estimate of drug-likeness (QED) is 0.0199. The lowest BCUT2D eigenvalue weighted by Crippen LogP contribution is -2.66. The van der Waals surface area contributed by atoms with Crippen LogP contribution < -0.4 is 63.8 Å². The minimum absolute atomic E-state index is 0.0768. The number of unbranched alkanes of at least 4 members (excludes halogenated alkanes) is 2. The normalized spacial score (nSPS) is 13.5. The van der Waals surface area contributed by atoms with Crippen LogP contribution in [0.4, 0.5) is 0 Å². The van der Waals surface area contributed by atoms with E-state index in [2.05, 4.69) is 63.8 Å². The van der Waals surface area contributed by atoms with Crippen LogP contribution in [0.5, 0.6) is 0 Å². The molecule has 0 aromatic rings. The van der Waals surface area contributed by atoms with Crippen LogP contribution in [-0.4, -0.2) is 480 Å². The van der Waals surface area contributed by atoms with Gasteiger partial charge in [-0.3, -0.25) is 96.1 Å². The molecular formula is C88H148N14O40. The van der Waals surface area contributed by atoms with Gasteiger partial charge in [-0.15, -0.1) is 0 Å². The van der Waals surface area contributed by atoms with Crippen molar-refractivity contribution in [3.63, 3.8) is 0 Å². The second-order valence-electron chi connectivity index (χ2n) is 30.5. The molecule has 0 saturated heterocycles. The number of nitrogens with zero attached hydrogens (tertiary/aromatic N) is 2. The molecule has 0 bridgehead atoms. The van der Waals surface area contributed by atoms with E-state index in [1.165, 1.54) is 13.8 Å². The predicted octanol–water partition coefficient (Wildman–Crippen LogP) is -7.86. The largest absolute Gasteiger partial charge is 0.480 e. The van der Waals surface area contributed by atoms with E-state index in [0.717, 1.165) is 24.3 Å². The molecule has 0 aliphatic carbocycles. The lowest BCUT2D eigenvalue weighted by molar-refractivity contribution is -0.156. The molecule has 0 fully saturated rings. The third kappa shape index (κ3) is 67.9. The molecule has 2 aliphatic heterocycles. The van der Waals surface area contributed by atoms with Crippen LogP contribution in [0.15, 0.2) is 24.3 Å². The SMILES string of the molecule is COCCOCCOCCOCCOCCOCCOCCOCCOCCOCC(=O)NCCCC[C@H](NC(=O)CCCNC(=O)[C@H]([C@@H](C(=O)NCCCC(=O)N[C@@H](CCCCNC(=O)COCCOCCOCCOCCOCCOCCOCCOCCOCCOC)C(=O)NCC(=O)NCC(=O)N[C@@H](C)C(=O)O)N1C(=O)C=CC1=O)N1C(=O)C=CC1=O)C(=O)NCC(=O)NCC(=O)N[C@@H](C)C(=O)O. The molecule has 54 nitrogen and oxygen atoms in total. The van der Waals surface area contributed by atoms with Gasteiger partial charge in [0.25, 0.3) is 23.6 Å². The molecule has 2 heterocycles. The Balaban J connectivity index is 1.94. The zero-order valence-corrected chi connectivity index (χ0v) is 81.7. The third-order valence-corrected chi connectivity index (χ3v) is 19.1.